The molecule has 0 aliphatic rings. The summed E-state index contributed by atoms with van der Waals surface area (Å²) in [5, 5.41) is 9.45. The van der Waals surface area contributed by atoms with Crippen LogP contribution in [0.15, 0.2) is 18.5 Å². The number of aromatic nitrogens is 3. The average molecular weight is 306 g/mol. The van der Waals surface area contributed by atoms with E-state index >= 15 is 0 Å². The summed E-state index contributed by atoms with van der Waals surface area (Å²) in [6, 6.07) is 1.74. The highest BCUT2D eigenvalue weighted by Gasteiger charge is 2.16. The second-order valence-corrected chi connectivity index (χ2v) is 4.51. The Hall–Kier alpha value is -1.30. The molecule has 0 aromatic carbocycles. The van der Waals surface area contributed by atoms with Crippen LogP contribution in [0.25, 0.3) is 0 Å². The van der Waals surface area contributed by atoms with E-state index in [2.05, 4.69) is 20.5 Å². The molecule has 2 N–H and O–H groups in total. The van der Waals surface area contributed by atoms with Crippen molar-refractivity contribution < 1.29 is 4.79 Å². The first-order chi connectivity index (χ1) is 8.59. The van der Waals surface area contributed by atoms with Crippen molar-refractivity contribution in [2.24, 2.45) is 0 Å². The van der Waals surface area contributed by atoms with E-state index in [1.807, 2.05) is 0 Å². The van der Waals surface area contributed by atoms with Gasteiger partial charge in [0.25, 0.3) is 5.91 Å². The normalized spacial score (nSPS) is 10.4. The largest absolute Gasteiger partial charge is 0.345 e. The lowest BCUT2D eigenvalue weighted by molar-refractivity contribution is 0.0945. The maximum Gasteiger partial charge on any atom is 0.271 e. The summed E-state index contributed by atoms with van der Waals surface area (Å²) in [6.45, 7) is 0.289. The first-order valence-corrected chi connectivity index (χ1v) is 5.99. The second kappa shape index (κ2) is 5.56. The van der Waals surface area contributed by atoms with Crippen LogP contribution in [0.1, 0.15) is 16.2 Å². The van der Waals surface area contributed by atoms with Crippen molar-refractivity contribution in [1.29, 1.82) is 0 Å². The van der Waals surface area contributed by atoms with Crippen LogP contribution in [-0.2, 0) is 6.54 Å². The number of nitrogens with zero attached hydrogens (tertiary/aromatic N) is 2. The number of aromatic amines is 1. The zero-order valence-corrected chi connectivity index (χ0v) is 11.1. The lowest BCUT2D eigenvalue weighted by atomic mass is 10.3. The van der Waals surface area contributed by atoms with Gasteiger partial charge in [-0.2, -0.15) is 5.10 Å². The fourth-order valence-electron chi connectivity index (χ4n) is 1.24. The molecule has 0 saturated heterocycles. The molecule has 0 spiro atoms. The molecule has 2 aromatic heterocycles. The van der Waals surface area contributed by atoms with Gasteiger partial charge in [-0.3, -0.25) is 9.89 Å². The highest BCUT2D eigenvalue weighted by molar-refractivity contribution is 6.48. The van der Waals surface area contributed by atoms with Gasteiger partial charge in [0.2, 0.25) is 0 Å². The second-order valence-electron chi connectivity index (χ2n) is 3.35. The molecule has 2 rings (SSSR count). The van der Waals surface area contributed by atoms with Gasteiger partial charge in [-0.25, -0.2) is 4.98 Å². The summed E-state index contributed by atoms with van der Waals surface area (Å²) < 4.78 is 0. The predicted octanol–water partition coefficient (Wildman–Crippen LogP) is 2.69. The number of carbonyl (C=O) groups excluding carboxylic acids is 1. The standard InChI is InChI=1S/C10H7Cl3N4O/c11-6-4-14-9(8(13)7(6)12)10(18)15-3-5-1-2-16-17-5/h1-2,4H,3H2,(H,15,18)(H,16,17). The van der Waals surface area contributed by atoms with Crippen LogP contribution in [0.5, 0.6) is 0 Å². The van der Waals surface area contributed by atoms with Crippen LogP contribution in [0.4, 0.5) is 0 Å². The fourth-order valence-corrected chi connectivity index (χ4v) is 1.81. The third-order valence-corrected chi connectivity index (χ3v) is 3.37. The van der Waals surface area contributed by atoms with Gasteiger partial charge in [-0.1, -0.05) is 34.8 Å². The van der Waals surface area contributed by atoms with Crippen LogP contribution >= 0.6 is 34.8 Å². The molecule has 94 valence electrons. The smallest absolute Gasteiger partial charge is 0.271 e. The van der Waals surface area contributed by atoms with E-state index in [0.717, 1.165) is 5.69 Å². The molecule has 0 atom stereocenters. The maximum absolute atomic E-state index is 11.8. The number of H-pyrrole nitrogens is 1. The van der Waals surface area contributed by atoms with Gasteiger partial charge < -0.3 is 5.32 Å². The molecule has 0 aliphatic heterocycles. The van der Waals surface area contributed by atoms with Gasteiger partial charge >= 0.3 is 0 Å². The average Bonchev–Trinajstić information content (AvgIpc) is 2.86. The molecule has 18 heavy (non-hydrogen) atoms. The zero-order valence-electron chi connectivity index (χ0n) is 8.88. The summed E-state index contributed by atoms with van der Waals surface area (Å²) in [4.78, 5) is 15.7. The van der Waals surface area contributed by atoms with Crippen molar-refractivity contribution in [3.8, 4) is 0 Å². The first-order valence-electron chi connectivity index (χ1n) is 4.85. The Morgan fingerprint density at radius 3 is 2.78 bits per heavy atom. The van der Waals surface area contributed by atoms with Crippen molar-refractivity contribution in [2.75, 3.05) is 0 Å². The number of rotatable bonds is 3. The monoisotopic (exact) mass is 304 g/mol. The van der Waals surface area contributed by atoms with Crippen LogP contribution < -0.4 is 5.32 Å². The number of pyridine rings is 1. The molecule has 5 nitrogen and oxygen atoms in total. The summed E-state index contributed by atoms with van der Waals surface area (Å²) >= 11 is 17.4. The van der Waals surface area contributed by atoms with E-state index in [1.54, 1.807) is 12.3 Å². The Kier molecular flexibility index (Phi) is 4.06. The van der Waals surface area contributed by atoms with E-state index in [1.165, 1.54) is 6.20 Å². The Balaban J connectivity index is 2.12. The lowest BCUT2D eigenvalue weighted by Crippen LogP contribution is -2.24. The number of halogens is 3. The van der Waals surface area contributed by atoms with Gasteiger partial charge in [-0.15, -0.1) is 0 Å². The molecular formula is C10H7Cl3N4O. The number of carbonyl (C=O) groups is 1. The van der Waals surface area contributed by atoms with E-state index in [4.69, 9.17) is 34.8 Å². The number of hydrogen-bond donors (Lipinski definition) is 2. The summed E-state index contributed by atoms with van der Waals surface area (Å²) in [7, 11) is 0. The van der Waals surface area contributed by atoms with Crippen LogP contribution in [-0.4, -0.2) is 21.1 Å². The summed E-state index contributed by atoms with van der Waals surface area (Å²) in [5.41, 5.74) is 0.796. The van der Waals surface area contributed by atoms with E-state index in [-0.39, 0.29) is 27.3 Å². The van der Waals surface area contributed by atoms with Crippen molar-refractivity contribution in [3.63, 3.8) is 0 Å². The molecule has 2 aromatic rings. The number of hydrogen-bond acceptors (Lipinski definition) is 3. The molecule has 1 amide bonds. The summed E-state index contributed by atoms with van der Waals surface area (Å²) in [6.07, 6.45) is 2.87. The minimum atomic E-state index is -0.437. The van der Waals surface area contributed by atoms with Crippen LogP contribution in [0.2, 0.25) is 15.1 Å². The Morgan fingerprint density at radius 2 is 2.11 bits per heavy atom. The molecule has 8 heteroatoms. The Bertz CT molecular complexity index is 571. The molecular weight excluding hydrogens is 298 g/mol. The van der Waals surface area contributed by atoms with Gasteiger partial charge in [0.1, 0.15) is 5.69 Å². The van der Waals surface area contributed by atoms with Crippen molar-refractivity contribution in [1.82, 2.24) is 20.5 Å². The molecule has 0 unspecified atom stereocenters. The van der Waals surface area contributed by atoms with Crippen LogP contribution in [0, 0.1) is 0 Å². The number of amides is 1. The number of nitrogens with one attached hydrogen (secondary N) is 2. The minimum absolute atomic E-state index is 0.0329. The third kappa shape index (κ3) is 2.75. The molecule has 0 fully saturated rings. The lowest BCUT2D eigenvalue weighted by Gasteiger charge is -2.06. The van der Waals surface area contributed by atoms with Crippen molar-refractivity contribution in [2.45, 2.75) is 6.54 Å². The molecule has 0 saturated carbocycles. The summed E-state index contributed by atoms with van der Waals surface area (Å²) in [5.74, 6) is -0.437. The van der Waals surface area contributed by atoms with Crippen LogP contribution in [0.3, 0.4) is 0 Å². The molecule has 2 heterocycles. The quantitative estimate of drug-likeness (QED) is 0.916. The Morgan fingerprint density at radius 1 is 1.33 bits per heavy atom. The zero-order chi connectivity index (χ0) is 13.1. The van der Waals surface area contributed by atoms with Gasteiger partial charge in [0.05, 0.1) is 27.3 Å². The highest BCUT2D eigenvalue weighted by atomic mass is 35.5. The topological polar surface area (TPSA) is 70.7 Å². The van der Waals surface area contributed by atoms with Crippen molar-refractivity contribution in [3.05, 3.63) is 44.9 Å². The van der Waals surface area contributed by atoms with Gasteiger partial charge in [0, 0.05) is 12.4 Å². The molecule has 0 radical (unpaired) electrons. The molecule has 0 aliphatic carbocycles. The fraction of sp³-hybridized carbons (Fsp3) is 0.100. The van der Waals surface area contributed by atoms with E-state index in [0.29, 0.717) is 0 Å². The van der Waals surface area contributed by atoms with Gasteiger partial charge in [0.15, 0.2) is 0 Å². The van der Waals surface area contributed by atoms with E-state index < -0.39 is 5.91 Å². The maximum atomic E-state index is 11.8. The van der Waals surface area contributed by atoms with Gasteiger partial charge in [-0.05, 0) is 6.07 Å². The first kappa shape index (κ1) is 13.1. The third-order valence-electron chi connectivity index (χ3n) is 2.13. The Labute approximate surface area is 117 Å². The SMILES string of the molecule is O=C(NCc1ccn[nH]1)c1ncc(Cl)c(Cl)c1Cl. The minimum Gasteiger partial charge on any atom is -0.345 e. The highest BCUT2D eigenvalue weighted by Crippen LogP contribution is 2.30. The predicted molar refractivity (Wildman–Crippen MR) is 69.0 cm³/mol. The van der Waals surface area contributed by atoms with E-state index in [9.17, 15) is 4.79 Å². The molecule has 0 bridgehead atoms. The van der Waals surface area contributed by atoms with Crippen molar-refractivity contribution >= 4 is 40.7 Å².